The fourth-order valence-corrected chi connectivity index (χ4v) is 3.07. The Bertz CT molecular complexity index is 940. The summed E-state index contributed by atoms with van der Waals surface area (Å²) < 4.78 is 0. The number of hydrogen-bond donors (Lipinski definition) is 2. The highest BCUT2D eigenvalue weighted by Gasteiger charge is 2.15. The van der Waals surface area contributed by atoms with Gasteiger partial charge in [-0.15, -0.1) is 0 Å². The number of aromatic nitrogens is 1. The fraction of sp³-hybridized carbons (Fsp3) is 0.143. The lowest BCUT2D eigenvalue weighted by molar-refractivity contribution is 0.475. The van der Waals surface area contributed by atoms with Gasteiger partial charge in [0.1, 0.15) is 11.6 Å². The normalized spacial score (nSPS) is 10.4. The zero-order valence-electron chi connectivity index (χ0n) is 14.0. The lowest BCUT2D eigenvalue weighted by Gasteiger charge is -2.16. The van der Waals surface area contributed by atoms with Gasteiger partial charge in [-0.2, -0.15) is 5.26 Å². The number of hydrogen-bond acceptors (Lipinski definition) is 4. The Labute approximate surface area is 147 Å². The number of pyridine rings is 1. The van der Waals surface area contributed by atoms with E-state index in [-0.39, 0.29) is 5.75 Å². The molecule has 3 aromatic rings. The third-order valence-corrected chi connectivity index (χ3v) is 4.25. The molecule has 25 heavy (non-hydrogen) atoms. The first kappa shape index (κ1) is 16.5. The molecular weight excluding hydrogens is 310 g/mol. The van der Waals surface area contributed by atoms with Crippen LogP contribution in [-0.4, -0.2) is 10.1 Å². The molecule has 0 radical (unpaired) electrons. The molecule has 2 aromatic carbocycles. The van der Waals surface area contributed by atoms with Crippen LogP contribution in [0.3, 0.4) is 0 Å². The van der Waals surface area contributed by atoms with E-state index in [0.717, 1.165) is 39.8 Å². The second-order valence-corrected chi connectivity index (χ2v) is 5.85. The average Bonchev–Trinajstić information content (AvgIpc) is 2.63. The van der Waals surface area contributed by atoms with Gasteiger partial charge in [-0.3, -0.25) is 0 Å². The highest BCUT2D eigenvalue weighted by molar-refractivity contribution is 5.84. The summed E-state index contributed by atoms with van der Waals surface area (Å²) in [4.78, 5) is 4.39. The van der Waals surface area contributed by atoms with Crippen molar-refractivity contribution < 1.29 is 5.11 Å². The number of nitriles is 1. The molecule has 0 unspecified atom stereocenters. The van der Waals surface area contributed by atoms with Crippen molar-refractivity contribution in [2.45, 2.75) is 19.8 Å². The molecule has 0 fully saturated rings. The monoisotopic (exact) mass is 329 g/mol. The standard InChI is InChI=1S/C21H19N3O/c1-2-18-19(16-5-3-4-14(12-16)10-11-22)13-24-21(23)20(18)15-6-8-17(25)9-7-15/h3-9,12-13,25H,2,10H2,1H3,(H2,23,24). The molecule has 1 aromatic heterocycles. The fourth-order valence-electron chi connectivity index (χ4n) is 3.07. The molecular formula is C21H19N3O. The van der Waals surface area contributed by atoms with E-state index in [2.05, 4.69) is 18.0 Å². The highest BCUT2D eigenvalue weighted by atomic mass is 16.3. The smallest absolute Gasteiger partial charge is 0.131 e. The zero-order chi connectivity index (χ0) is 17.8. The molecule has 0 saturated carbocycles. The van der Waals surface area contributed by atoms with Crippen LogP contribution in [0, 0.1) is 11.3 Å². The van der Waals surface area contributed by atoms with Crippen molar-refractivity contribution in [3.63, 3.8) is 0 Å². The van der Waals surface area contributed by atoms with Crippen LogP contribution < -0.4 is 5.73 Å². The maximum atomic E-state index is 9.54. The minimum atomic E-state index is 0.216. The Morgan fingerprint density at radius 1 is 1.12 bits per heavy atom. The third kappa shape index (κ3) is 3.31. The lowest BCUT2D eigenvalue weighted by atomic mass is 9.91. The van der Waals surface area contributed by atoms with E-state index in [1.54, 1.807) is 18.3 Å². The number of nitrogens with two attached hydrogens (primary N) is 1. The third-order valence-electron chi connectivity index (χ3n) is 4.25. The number of anilines is 1. The largest absolute Gasteiger partial charge is 0.508 e. The van der Waals surface area contributed by atoms with Gasteiger partial charge in [0.2, 0.25) is 0 Å². The maximum Gasteiger partial charge on any atom is 0.131 e. The van der Waals surface area contributed by atoms with Crippen molar-refractivity contribution in [3.05, 3.63) is 65.9 Å². The number of phenols is 1. The highest BCUT2D eigenvalue weighted by Crippen LogP contribution is 2.36. The number of nitrogen functional groups attached to an aromatic ring is 1. The van der Waals surface area contributed by atoms with Crippen molar-refractivity contribution in [1.82, 2.24) is 4.98 Å². The van der Waals surface area contributed by atoms with Gasteiger partial charge in [0.25, 0.3) is 0 Å². The molecule has 1 heterocycles. The average molecular weight is 329 g/mol. The van der Waals surface area contributed by atoms with Gasteiger partial charge in [0, 0.05) is 17.3 Å². The van der Waals surface area contributed by atoms with E-state index < -0.39 is 0 Å². The van der Waals surface area contributed by atoms with Gasteiger partial charge < -0.3 is 10.8 Å². The summed E-state index contributed by atoms with van der Waals surface area (Å²) in [6, 6.07) is 17.1. The molecule has 3 N–H and O–H groups in total. The molecule has 0 atom stereocenters. The summed E-state index contributed by atoms with van der Waals surface area (Å²) in [6.07, 6.45) is 2.97. The first-order chi connectivity index (χ1) is 12.1. The molecule has 4 nitrogen and oxygen atoms in total. The van der Waals surface area contributed by atoms with E-state index in [0.29, 0.717) is 12.2 Å². The predicted octanol–water partition coefficient (Wildman–Crippen LogP) is 4.33. The number of aromatic hydroxyl groups is 1. The molecule has 4 heteroatoms. The summed E-state index contributed by atoms with van der Waals surface area (Å²) in [5.41, 5.74) is 12.1. The minimum Gasteiger partial charge on any atom is -0.508 e. The summed E-state index contributed by atoms with van der Waals surface area (Å²) in [5.74, 6) is 0.688. The van der Waals surface area contributed by atoms with Crippen molar-refractivity contribution in [2.24, 2.45) is 0 Å². The van der Waals surface area contributed by atoms with Crippen LogP contribution in [0.4, 0.5) is 5.82 Å². The maximum absolute atomic E-state index is 9.54. The van der Waals surface area contributed by atoms with Gasteiger partial charge in [-0.1, -0.05) is 43.3 Å². The Morgan fingerprint density at radius 3 is 2.56 bits per heavy atom. The van der Waals surface area contributed by atoms with Crippen LogP contribution in [0.5, 0.6) is 5.75 Å². The molecule has 3 rings (SSSR count). The quantitative estimate of drug-likeness (QED) is 0.746. The second-order valence-electron chi connectivity index (χ2n) is 5.85. The molecule has 0 saturated heterocycles. The van der Waals surface area contributed by atoms with Gasteiger partial charge in [-0.25, -0.2) is 4.98 Å². The van der Waals surface area contributed by atoms with E-state index in [1.165, 1.54) is 0 Å². The Balaban J connectivity index is 2.19. The summed E-state index contributed by atoms with van der Waals surface area (Å²) >= 11 is 0. The van der Waals surface area contributed by atoms with Crippen LogP contribution in [-0.2, 0) is 12.8 Å². The van der Waals surface area contributed by atoms with Crippen LogP contribution in [0.15, 0.2) is 54.7 Å². The predicted molar refractivity (Wildman–Crippen MR) is 99.9 cm³/mol. The van der Waals surface area contributed by atoms with Gasteiger partial charge >= 0.3 is 0 Å². The molecule has 0 aliphatic rings. The molecule has 124 valence electrons. The second kappa shape index (κ2) is 7.06. The number of nitrogens with zero attached hydrogens (tertiary/aromatic N) is 2. The summed E-state index contributed by atoms with van der Waals surface area (Å²) in [5, 5.41) is 18.5. The first-order valence-corrected chi connectivity index (χ1v) is 8.17. The Hall–Kier alpha value is -3.32. The van der Waals surface area contributed by atoms with Crippen LogP contribution >= 0.6 is 0 Å². The Kier molecular flexibility index (Phi) is 4.67. The van der Waals surface area contributed by atoms with Crippen molar-refractivity contribution in [3.8, 4) is 34.1 Å². The summed E-state index contributed by atoms with van der Waals surface area (Å²) in [7, 11) is 0. The molecule has 0 aliphatic carbocycles. The Morgan fingerprint density at radius 2 is 1.88 bits per heavy atom. The van der Waals surface area contributed by atoms with Gasteiger partial charge in [-0.05, 0) is 40.8 Å². The minimum absolute atomic E-state index is 0.216. The molecule has 0 spiro atoms. The first-order valence-electron chi connectivity index (χ1n) is 8.17. The zero-order valence-corrected chi connectivity index (χ0v) is 14.0. The van der Waals surface area contributed by atoms with Crippen molar-refractivity contribution >= 4 is 5.82 Å². The van der Waals surface area contributed by atoms with E-state index >= 15 is 0 Å². The number of rotatable bonds is 4. The van der Waals surface area contributed by atoms with Crippen LogP contribution in [0.1, 0.15) is 18.1 Å². The number of benzene rings is 2. The van der Waals surface area contributed by atoms with Crippen molar-refractivity contribution in [1.29, 1.82) is 5.26 Å². The molecule has 0 bridgehead atoms. The topological polar surface area (TPSA) is 82.9 Å². The van der Waals surface area contributed by atoms with Gasteiger partial charge in [0.05, 0.1) is 12.5 Å². The van der Waals surface area contributed by atoms with E-state index in [1.807, 2.05) is 36.4 Å². The molecule has 0 amide bonds. The van der Waals surface area contributed by atoms with E-state index in [9.17, 15) is 5.11 Å². The van der Waals surface area contributed by atoms with Gasteiger partial charge in [0.15, 0.2) is 0 Å². The van der Waals surface area contributed by atoms with E-state index in [4.69, 9.17) is 11.0 Å². The SMILES string of the molecule is CCc1c(-c2cccc(CC#N)c2)cnc(N)c1-c1ccc(O)cc1. The van der Waals surface area contributed by atoms with Crippen LogP contribution in [0.2, 0.25) is 0 Å². The summed E-state index contributed by atoms with van der Waals surface area (Å²) in [6.45, 7) is 2.08. The number of phenolic OH excluding ortho intramolecular Hbond substituents is 1. The van der Waals surface area contributed by atoms with Crippen molar-refractivity contribution in [2.75, 3.05) is 5.73 Å². The lowest BCUT2D eigenvalue weighted by Crippen LogP contribution is -2.01. The molecule has 0 aliphatic heterocycles. The van der Waals surface area contributed by atoms with Crippen LogP contribution in [0.25, 0.3) is 22.3 Å².